The van der Waals surface area contributed by atoms with Crippen molar-refractivity contribution in [1.82, 2.24) is 4.57 Å². The number of benzene rings is 1. The quantitative estimate of drug-likeness (QED) is 0.799. The van der Waals surface area contributed by atoms with E-state index < -0.39 is 11.7 Å². The van der Waals surface area contributed by atoms with E-state index in [0.29, 0.717) is 17.2 Å². The Morgan fingerprint density at radius 1 is 1.14 bits per heavy atom. The van der Waals surface area contributed by atoms with Gasteiger partial charge in [0.1, 0.15) is 5.49 Å². The SMILES string of the molecule is Cc1cc/c(=N/C2CC2)n(-c2cccc(C(F)(F)F)c2)c1. The first-order valence-electron chi connectivity index (χ1n) is 6.84. The predicted octanol–water partition coefficient (Wildman–Crippen LogP) is 3.87. The Bertz CT molecular complexity index is 725. The predicted molar refractivity (Wildman–Crippen MR) is 74.1 cm³/mol. The van der Waals surface area contributed by atoms with E-state index in [-0.39, 0.29) is 0 Å². The third-order valence-corrected chi connectivity index (χ3v) is 3.39. The first-order valence-corrected chi connectivity index (χ1v) is 6.84. The monoisotopic (exact) mass is 292 g/mol. The number of halogens is 3. The lowest BCUT2D eigenvalue weighted by molar-refractivity contribution is -0.137. The van der Waals surface area contributed by atoms with Crippen molar-refractivity contribution in [1.29, 1.82) is 0 Å². The Morgan fingerprint density at radius 2 is 1.90 bits per heavy atom. The minimum atomic E-state index is -4.34. The maximum Gasteiger partial charge on any atom is 0.416 e. The van der Waals surface area contributed by atoms with Crippen molar-refractivity contribution < 1.29 is 13.2 Å². The van der Waals surface area contributed by atoms with E-state index in [1.807, 2.05) is 25.3 Å². The lowest BCUT2D eigenvalue weighted by Crippen LogP contribution is -2.20. The minimum absolute atomic E-state index is 0.310. The topological polar surface area (TPSA) is 17.3 Å². The van der Waals surface area contributed by atoms with E-state index in [4.69, 9.17) is 0 Å². The number of aryl methyl sites for hydroxylation is 1. The molecule has 0 radical (unpaired) electrons. The number of rotatable bonds is 2. The largest absolute Gasteiger partial charge is 0.416 e. The molecule has 1 heterocycles. The summed E-state index contributed by atoms with van der Waals surface area (Å²) < 4.78 is 40.3. The van der Waals surface area contributed by atoms with Crippen LogP contribution in [0.4, 0.5) is 13.2 Å². The van der Waals surface area contributed by atoms with E-state index in [0.717, 1.165) is 30.5 Å². The van der Waals surface area contributed by atoms with Crippen molar-refractivity contribution in [3.8, 4) is 5.69 Å². The minimum Gasteiger partial charge on any atom is -0.302 e. The summed E-state index contributed by atoms with van der Waals surface area (Å²) in [6.45, 7) is 1.91. The first-order chi connectivity index (χ1) is 9.93. The number of pyridine rings is 1. The fourth-order valence-corrected chi connectivity index (χ4v) is 2.13. The summed E-state index contributed by atoms with van der Waals surface area (Å²) in [4.78, 5) is 4.56. The molecule has 1 fully saturated rings. The summed E-state index contributed by atoms with van der Waals surface area (Å²) in [5.41, 5.74) is 1.50. The van der Waals surface area contributed by atoms with Crippen molar-refractivity contribution in [2.45, 2.75) is 32.0 Å². The maximum absolute atomic E-state index is 12.9. The molecule has 1 aliphatic carbocycles. The zero-order chi connectivity index (χ0) is 15.0. The molecule has 0 saturated heterocycles. The molecule has 0 spiro atoms. The second-order valence-corrected chi connectivity index (χ2v) is 5.34. The molecule has 0 unspecified atom stereocenters. The lowest BCUT2D eigenvalue weighted by atomic mass is 10.2. The zero-order valence-corrected chi connectivity index (χ0v) is 11.6. The molecule has 21 heavy (non-hydrogen) atoms. The Labute approximate surface area is 120 Å². The summed E-state index contributed by atoms with van der Waals surface area (Å²) in [6.07, 6.45) is -0.419. The molecule has 1 saturated carbocycles. The first kappa shape index (κ1) is 13.9. The molecule has 3 rings (SSSR count). The molecule has 5 heteroatoms. The molecule has 1 aromatic carbocycles. The molecule has 2 aromatic rings. The lowest BCUT2D eigenvalue weighted by Gasteiger charge is -2.12. The average molecular weight is 292 g/mol. The number of hydrogen-bond acceptors (Lipinski definition) is 1. The Kier molecular flexibility index (Phi) is 3.35. The van der Waals surface area contributed by atoms with Crippen molar-refractivity contribution in [3.05, 3.63) is 59.2 Å². The Morgan fingerprint density at radius 3 is 2.57 bits per heavy atom. The van der Waals surface area contributed by atoms with Crippen LogP contribution in [0.15, 0.2) is 47.6 Å². The molecule has 2 nitrogen and oxygen atoms in total. The zero-order valence-electron chi connectivity index (χ0n) is 11.6. The highest BCUT2D eigenvalue weighted by Gasteiger charge is 2.30. The van der Waals surface area contributed by atoms with Crippen molar-refractivity contribution in [3.63, 3.8) is 0 Å². The van der Waals surface area contributed by atoms with E-state index in [2.05, 4.69) is 4.99 Å². The summed E-state index contributed by atoms with van der Waals surface area (Å²) in [7, 11) is 0. The molecule has 0 aliphatic heterocycles. The molecule has 1 aliphatic rings. The third-order valence-electron chi connectivity index (χ3n) is 3.39. The maximum atomic E-state index is 12.9. The number of hydrogen-bond donors (Lipinski definition) is 0. The van der Waals surface area contributed by atoms with Crippen LogP contribution < -0.4 is 5.49 Å². The van der Waals surface area contributed by atoms with Crippen LogP contribution in [0.3, 0.4) is 0 Å². The van der Waals surface area contributed by atoms with Crippen LogP contribution in [0, 0.1) is 6.92 Å². The normalized spacial score (nSPS) is 16.3. The van der Waals surface area contributed by atoms with Gasteiger partial charge in [-0.1, -0.05) is 12.1 Å². The molecular formula is C16H15F3N2. The molecule has 0 amide bonds. The number of alkyl halides is 3. The second kappa shape index (κ2) is 5.06. The summed E-state index contributed by atoms with van der Waals surface area (Å²) in [5.74, 6) is 0. The molecule has 110 valence electrons. The van der Waals surface area contributed by atoms with Gasteiger partial charge in [0.25, 0.3) is 0 Å². The van der Waals surface area contributed by atoms with Crippen molar-refractivity contribution in [2.24, 2.45) is 4.99 Å². The number of nitrogens with zero attached hydrogens (tertiary/aromatic N) is 2. The Balaban J connectivity index is 2.14. The van der Waals surface area contributed by atoms with Gasteiger partial charge in [-0.05, 0) is 49.6 Å². The fraction of sp³-hybridized carbons (Fsp3) is 0.312. The van der Waals surface area contributed by atoms with Crippen molar-refractivity contribution >= 4 is 0 Å². The van der Waals surface area contributed by atoms with Gasteiger partial charge in [-0.3, -0.25) is 4.99 Å². The van der Waals surface area contributed by atoms with Crippen molar-refractivity contribution in [2.75, 3.05) is 0 Å². The van der Waals surface area contributed by atoms with Crippen LogP contribution in [0.2, 0.25) is 0 Å². The van der Waals surface area contributed by atoms with Gasteiger partial charge < -0.3 is 4.57 Å². The second-order valence-electron chi connectivity index (χ2n) is 5.34. The van der Waals surface area contributed by atoms with Crippen LogP contribution in [0.1, 0.15) is 24.0 Å². The summed E-state index contributed by atoms with van der Waals surface area (Å²) >= 11 is 0. The van der Waals surface area contributed by atoms with Gasteiger partial charge in [-0.2, -0.15) is 13.2 Å². The third kappa shape index (κ3) is 3.17. The molecule has 1 aromatic heterocycles. The fourth-order valence-electron chi connectivity index (χ4n) is 2.13. The molecule has 0 N–H and O–H groups in total. The van der Waals surface area contributed by atoms with Gasteiger partial charge in [0.15, 0.2) is 0 Å². The van der Waals surface area contributed by atoms with Gasteiger partial charge >= 0.3 is 6.18 Å². The van der Waals surface area contributed by atoms with E-state index in [1.165, 1.54) is 6.07 Å². The standard InChI is InChI=1S/C16H15F3N2/c1-11-5-8-15(20-13-6-7-13)21(10-11)14-4-2-3-12(9-14)16(17,18)19/h2-5,8-10,13H,6-7H2,1H3/b20-15-. The van der Waals surface area contributed by atoms with Crippen LogP contribution in [-0.2, 0) is 6.18 Å². The van der Waals surface area contributed by atoms with Gasteiger partial charge in [0.2, 0.25) is 0 Å². The van der Waals surface area contributed by atoms with Gasteiger partial charge in [0.05, 0.1) is 11.6 Å². The van der Waals surface area contributed by atoms with E-state index in [1.54, 1.807) is 10.6 Å². The van der Waals surface area contributed by atoms with Gasteiger partial charge in [-0.15, -0.1) is 0 Å². The average Bonchev–Trinajstić information content (AvgIpc) is 3.24. The van der Waals surface area contributed by atoms with E-state index in [9.17, 15) is 13.2 Å². The molecular weight excluding hydrogens is 277 g/mol. The van der Waals surface area contributed by atoms with Gasteiger partial charge in [0, 0.05) is 11.9 Å². The molecule has 0 bridgehead atoms. The summed E-state index contributed by atoms with van der Waals surface area (Å²) in [6, 6.07) is 9.42. The van der Waals surface area contributed by atoms with Crippen LogP contribution >= 0.6 is 0 Å². The van der Waals surface area contributed by atoms with Gasteiger partial charge in [-0.25, -0.2) is 0 Å². The van der Waals surface area contributed by atoms with Crippen LogP contribution in [-0.4, -0.2) is 10.6 Å². The molecule has 0 atom stereocenters. The van der Waals surface area contributed by atoms with Crippen LogP contribution in [0.5, 0.6) is 0 Å². The summed E-state index contributed by atoms with van der Waals surface area (Å²) in [5, 5.41) is 0. The Hall–Kier alpha value is -2.04. The highest BCUT2D eigenvalue weighted by molar-refractivity contribution is 5.37. The highest BCUT2D eigenvalue weighted by Crippen LogP contribution is 2.30. The van der Waals surface area contributed by atoms with Crippen LogP contribution in [0.25, 0.3) is 5.69 Å². The number of aromatic nitrogens is 1. The highest BCUT2D eigenvalue weighted by atomic mass is 19.4. The smallest absolute Gasteiger partial charge is 0.302 e. The van der Waals surface area contributed by atoms with E-state index >= 15 is 0 Å².